The van der Waals surface area contributed by atoms with Crippen molar-refractivity contribution in [3.63, 3.8) is 0 Å². The van der Waals surface area contributed by atoms with E-state index in [0.717, 1.165) is 61.5 Å². The van der Waals surface area contributed by atoms with Crippen molar-refractivity contribution in [1.82, 2.24) is 9.55 Å². The number of ether oxygens (including phenoxy) is 1. The monoisotopic (exact) mass is 816 g/mol. The molecule has 0 spiro atoms. The quantitative estimate of drug-likeness (QED) is 0.160. The van der Waals surface area contributed by atoms with Crippen LogP contribution >= 0.6 is 0 Å². The number of halogens is 1. The van der Waals surface area contributed by atoms with E-state index in [1.165, 1.54) is 17.7 Å². The molecule has 1 aliphatic rings. The van der Waals surface area contributed by atoms with Crippen LogP contribution in [0, 0.1) is 5.82 Å². The number of aromatic nitrogens is 2. The predicted octanol–water partition coefficient (Wildman–Crippen LogP) is 15.3. The zero-order valence-electron chi connectivity index (χ0n) is 39.7. The van der Waals surface area contributed by atoms with Gasteiger partial charge >= 0.3 is 0 Å². The number of anilines is 4. The van der Waals surface area contributed by atoms with Gasteiger partial charge in [-0.05, 0) is 111 Å². The summed E-state index contributed by atoms with van der Waals surface area (Å²) in [7, 11) is 0. The van der Waals surface area contributed by atoms with Crippen LogP contribution in [0.3, 0.4) is 0 Å². The summed E-state index contributed by atoms with van der Waals surface area (Å²) in [6.07, 6.45) is 1.86. The summed E-state index contributed by atoms with van der Waals surface area (Å²) in [5.41, 5.74) is 8.83. The van der Waals surface area contributed by atoms with Crippen molar-refractivity contribution in [3.05, 3.63) is 193 Å². The van der Waals surface area contributed by atoms with E-state index in [-0.39, 0.29) is 41.0 Å². The molecule has 1 aliphatic heterocycles. The number of para-hydroxylation sites is 4. The third-order valence-electron chi connectivity index (χ3n) is 11.7. The minimum atomic E-state index is -0.619. The second-order valence-corrected chi connectivity index (χ2v) is 18.0. The van der Waals surface area contributed by atoms with Crippen LogP contribution in [-0.4, -0.2) is 16.2 Å². The van der Waals surface area contributed by atoms with E-state index in [4.69, 9.17) is 12.5 Å². The second-order valence-electron chi connectivity index (χ2n) is 18.0. The maximum absolute atomic E-state index is 14.1. The van der Waals surface area contributed by atoms with Crippen molar-refractivity contribution < 1.29 is 14.6 Å². The number of fused-ring (bicyclic) bond motifs is 4. The van der Waals surface area contributed by atoms with Gasteiger partial charge in [0.15, 0.2) is 0 Å². The fraction of sp³-hybridized carbons (Fsp3) is 0.161. The molecule has 9 aromatic rings. The van der Waals surface area contributed by atoms with E-state index >= 15 is 0 Å². The lowest BCUT2D eigenvalue weighted by molar-refractivity contribution is 0.483. The molecule has 5 nitrogen and oxygen atoms in total. The van der Waals surface area contributed by atoms with Crippen LogP contribution in [0.1, 0.15) is 58.2 Å². The molecule has 10 rings (SSSR count). The maximum atomic E-state index is 14.1. The van der Waals surface area contributed by atoms with E-state index in [1.54, 1.807) is 12.1 Å². The number of pyridine rings is 1. The number of benzene rings is 7. The summed E-state index contributed by atoms with van der Waals surface area (Å²) in [6.45, 7) is 12.7. The van der Waals surface area contributed by atoms with E-state index in [0.29, 0.717) is 29.3 Å². The van der Waals surface area contributed by atoms with Crippen molar-refractivity contribution in [2.24, 2.45) is 0 Å². The van der Waals surface area contributed by atoms with Crippen LogP contribution in [0.15, 0.2) is 176 Å². The van der Waals surface area contributed by atoms with Crippen LogP contribution in [0.5, 0.6) is 11.5 Å². The Morgan fingerprint density at radius 2 is 1.21 bits per heavy atom. The molecule has 306 valence electrons. The van der Waals surface area contributed by atoms with Crippen molar-refractivity contribution in [2.75, 3.05) is 16.5 Å². The molecular weight excluding hydrogens is 764 g/mol. The third kappa shape index (κ3) is 7.15. The lowest BCUT2D eigenvalue weighted by atomic mass is 9.86. The van der Waals surface area contributed by atoms with Gasteiger partial charge in [-0.3, -0.25) is 4.57 Å². The Morgan fingerprint density at radius 1 is 0.548 bits per heavy atom. The van der Waals surface area contributed by atoms with E-state index in [2.05, 4.69) is 83.7 Å². The number of hydrogen-bond acceptors (Lipinski definition) is 4. The lowest BCUT2D eigenvalue weighted by Gasteiger charge is -2.25. The van der Waals surface area contributed by atoms with E-state index in [1.807, 2.05) is 99.8 Å². The van der Waals surface area contributed by atoms with Gasteiger partial charge in [0.1, 0.15) is 29.8 Å². The molecule has 0 saturated carbocycles. The Labute approximate surface area is 368 Å². The first-order valence-corrected chi connectivity index (χ1v) is 21.0. The van der Waals surface area contributed by atoms with E-state index < -0.39 is 5.41 Å². The molecule has 6 heteroatoms. The summed E-state index contributed by atoms with van der Waals surface area (Å²) in [4.78, 5) is 9.26. The van der Waals surface area contributed by atoms with E-state index in [9.17, 15) is 7.13 Å². The predicted molar refractivity (Wildman–Crippen MR) is 255 cm³/mol. The highest BCUT2D eigenvalue weighted by atomic mass is 19.1. The molecule has 62 heavy (non-hydrogen) atoms. The molecular formula is C56H49FN4O. The molecule has 0 aliphatic carbocycles. The third-order valence-corrected chi connectivity index (χ3v) is 11.7. The number of hydrogen-bond donors (Lipinski definition) is 0. The highest BCUT2D eigenvalue weighted by Gasteiger charge is 2.30. The Hall–Kier alpha value is -7.18. The van der Waals surface area contributed by atoms with Gasteiger partial charge in [-0.25, -0.2) is 9.37 Å². The van der Waals surface area contributed by atoms with Gasteiger partial charge in [-0.15, -0.1) is 0 Å². The van der Waals surface area contributed by atoms with Crippen LogP contribution in [-0.2, 0) is 10.8 Å². The van der Waals surface area contributed by atoms with Crippen molar-refractivity contribution in [2.45, 2.75) is 52.4 Å². The van der Waals surface area contributed by atoms with Gasteiger partial charge in [-0.1, -0.05) is 126 Å². The summed E-state index contributed by atoms with van der Waals surface area (Å²) in [6, 6.07) is 46.7. The minimum absolute atomic E-state index is 0.0658. The second kappa shape index (κ2) is 15.1. The molecule has 3 heterocycles. The standard InChI is InChI=1S/C56H49FN4O/c1-55(2,3)40-23-19-37(20-24-40)39-31-43(59-36-60(52-18-12-11-17-51(52)59)49-15-9-7-13-46(49)38-21-25-42(57)26-22-38)34-45(32-39)62-44-27-28-48-47-14-8-10-16-50(47)61(53(48)35-44)54-33-41(29-30-58-54)56(4,5)6/h7-35H,36H2,1-6H3/i19D,20D,23D,24D. The summed E-state index contributed by atoms with van der Waals surface area (Å²) < 4.78 is 60.2. The average Bonchev–Trinajstić information content (AvgIpc) is 3.84. The molecule has 0 amide bonds. The summed E-state index contributed by atoms with van der Waals surface area (Å²) in [5.74, 6) is 1.53. The largest absolute Gasteiger partial charge is 0.457 e. The molecule has 0 fully saturated rings. The van der Waals surface area contributed by atoms with Gasteiger partial charge in [0, 0.05) is 40.4 Å². The van der Waals surface area contributed by atoms with Crippen LogP contribution < -0.4 is 14.5 Å². The van der Waals surface area contributed by atoms with Gasteiger partial charge in [0.05, 0.1) is 33.6 Å². The zero-order chi connectivity index (χ0) is 46.2. The fourth-order valence-electron chi connectivity index (χ4n) is 8.40. The lowest BCUT2D eigenvalue weighted by Crippen LogP contribution is -2.24. The Morgan fingerprint density at radius 3 is 1.95 bits per heavy atom. The maximum Gasteiger partial charge on any atom is 0.137 e. The molecule has 0 N–H and O–H groups in total. The Kier molecular flexibility index (Phi) is 8.39. The average molecular weight is 817 g/mol. The fourth-order valence-corrected chi connectivity index (χ4v) is 8.40. The van der Waals surface area contributed by atoms with Crippen LogP contribution in [0.2, 0.25) is 0 Å². The smallest absolute Gasteiger partial charge is 0.137 e. The molecule has 0 radical (unpaired) electrons. The highest BCUT2D eigenvalue weighted by Crippen LogP contribution is 2.48. The van der Waals surface area contributed by atoms with Gasteiger partial charge in [-0.2, -0.15) is 0 Å². The topological polar surface area (TPSA) is 33.5 Å². The van der Waals surface area contributed by atoms with Gasteiger partial charge in [0.25, 0.3) is 0 Å². The van der Waals surface area contributed by atoms with Gasteiger partial charge < -0.3 is 14.5 Å². The van der Waals surface area contributed by atoms with Crippen molar-refractivity contribution in [1.29, 1.82) is 0 Å². The first-order chi connectivity index (χ1) is 31.6. The molecule has 0 atom stereocenters. The Balaban J connectivity index is 1.14. The zero-order valence-corrected chi connectivity index (χ0v) is 35.7. The number of rotatable bonds is 7. The van der Waals surface area contributed by atoms with Crippen LogP contribution in [0.4, 0.5) is 27.1 Å². The molecule has 2 aromatic heterocycles. The molecule has 0 unspecified atom stereocenters. The Bertz CT molecular complexity index is 3340. The summed E-state index contributed by atoms with van der Waals surface area (Å²) in [5, 5.41) is 2.14. The molecule has 0 bridgehead atoms. The summed E-state index contributed by atoms with van der Waals surface area (Å²) >= 11 is 0. The van der Waals surface area contributed by atoms with Crippen LogP contribution in [0.25, 0.3) is 49.9 Å². The SMILES string of the molecule is [2H]c1c([2H])c(C(C)(C)C)c([2H])c([2H])c1-c1cc(Oc2ccc3c4ccccc4n(-c4cc(C(C)(C)C)ccn4)c3c2)cc(N2CN(c3ccccc3-c3ccc(F)cc3)c3ccccc32)c1. The van der Waals surface area contributed by atoms with Crippen molar-refractivity contribution >= 4 is 44.6 Å². The first kappa shape index (κ1) is 34.5. The van der Waals surface area contributed by atoms with Gasteiger partial charge in [0.2, 0.25) is 0 Å². The molecule has 0 saturated heterocycles. The minimum Gasteiger partial charge on any atom is -0.457 e. The highest BCUT2D eigenvalue weighted by molar-refractivity contribution is 6.09. The normalized spacial score (nSPS) is 13.9. The molecule has 7 aromatic carbocycles. The first-order valence-electron chi connectivity index (χ1n) is 23.0. The number of nitrogens with zero attached hydrogens (tertiary/aromatic N) is 4. The van der Waals surface area contributed by atoms with Crippen molar-refractivity contribution in [3.8, 4) is 39.6 Å².